The highest BCUT2D eigenvalue weighted by Gasteiger charge is 2.21. The number of methoxy groups -OCH3 is 1. The van der Waals surface area contributed by atoms with Gasteiger partial charge in [-0.05, 0) is 43.0 Å². The van der Waals surface area contributed by atoms with Crippen LogP contribution in [-0.4, -0.2) is 37.2 Å². The molecule has 2 N–H and O–H groups in total. The van der Waals surface area contributed by atoms with Crippen LogP contribution in [0.1, 0.15) is 16.7 Å². The number of ether oxygens (including phenoxy) is 1. The third-order valence-corrected chi connectivity index (χ3v) is 4.74. The molecule has 1 fully saturated rings. The molecule has 1 amide bonds. The minimum Gasteiger partial charge on any atom is -0.496 e. The van der Waals surface area contributed by atoms with Crippen LogP contribution in [0.3, 0.4) is 0 Å². The first-order chi connectivity index (χ1) is 9.63. The zero-order chi connectivity index (χ0) is 14.5. The summed E-state index contributed by atoms with van der Waals surface area (Å²) in [6.07, 6.45) is 0.849. The lowest BCUT2D eigenvalue weighted by molar-refractivity contribution is -0.122. The van der Waals surface area contributed by atoms with E-state index in [1.807, 2.05) is 6.07 Å². The Hall–Kier alpha value is -1.20. The second kappa shape index (κ2) is 6.99. The van der Waals surface area contributed by atoms with Crippen LogP contribution in [0.2, 0.25) is 0 Å². The largest absolute Gasteiger partial charge is 0.496 e. The molecule has 0 saturated carbocycles. The average molecular weight is 294 g/mol. The van der Waals surface area contributed by atoms with Crippen LogP contribution in [0.25, 0.3) is 0 Å². The quantitative estimate of drug-likeness (QED) is 0.867. The van der Waals surface area contributed by atoms with Gasteiger partial charge < -0.3 is 10.1 Å². The van der Waals surface area contributed by atoms with Gasteiger partial charge >= 0.3 is 0 Å². The molecule has 4 nitrogen and oxygen atoms in total. The van der Waals surface area contributed by atoms with E-state index in [1.165, 1.54) is 16.7 Å². The molecule has 1 aliphatic rings. The third-order valence-electron chi connectivity index (χ3n) is 3.80. The fraction of sp³-hybridized carbons (Fsp3) is 0.533. The first-order valence-electron chi connectivity index (χ1n) is 6.85. The van der Waals surface area contributed by atoms with E-state index in [2.05, 4.69) is 30.5 Å². The van der Waals surface area contributed by atoms with Gasteiger partial charge in [-0.2, -0.15) is 0 Å². The molecule has 2 rings (SSSR count). The van der Waals surface area contributed by atoms with E-state index in [0.717, 1.165) is 23.8 Å². The zero-order valence-electron chi connectivity index (χ0n) is 12.3. The summed E-state index contributed by atoms with van der Waals surface area (Å²) in [4.78, 5) is 11.9. The molecule has 0 radical (unpaired) electrons. The number of hydrogen-bond acceptors (Lipinski definition) is 4. The van der Waals surface area contributed by atoms with E-state index >= 15 is 0 Å². The van der Waals surface area contributed by atoms with Crippen molar-refractivity contribution in [3.63, 3.8) is 0 Å². The van der Waals surface area contributed by atoms with E-state index in [0.29, 0.717) is 6.54 Å². The second-order valence-electron chi connectivity index (χ2n) is 4.99. The molecule has 1 aromatic rings. The fourth-order valence-electron chi connectivity index (χ4n) is 2.35. The summed E-state index contributed by atoms with van der Waals surface area (Å²) >= 11 is 1.76. The fourth-order valence-corrected chi connectivity index (χ4v) is 3.29. The molecule has 1 aliphatic heterocycles. The molecule has 1 saturated heterocycles. The molecular weight excluding hydrogens is 272 g/mol. The Labute approximate surface area is 124 Å². The number of amides is 1. The van der Waals surface area contributed by atoms with Crippen LogP contribution >= 0.6 is 11.8 Å². The van der Waals surface area contributed by atoms with Crippen molar-refractivity contribution in [3.05, 3.63) is 28.8 Å². The van der Waals surface area contributed by atoms with Crippen molar-refractivity contribution in [2.75, 3.05) is 25.3 Å². The summed E-state index contributed by atoms with van der Waals surface area (Å²) < 4.78 is 5.31. The van der Waals surface area contributed by atoms with Crippen LogP contribution in [0.15, 0.2) is 12.1 Å². The SMILES string of the molecule is COc1ccc(CCNC(=O)C2CSCN2)c(C)c1C. The van der Waals surface area contributed by atoms with E-state index in [4.69, 9.17) is 4.74 Å². The van der Waals surface area contributed by atoms with Gasteiger partial charge in [0.1, 0.15) is 5.75 Å². The molecule has 0 bridgehead atoms. The summed E-state index contributed by atoms with van der Waals surface area (Å²) in [6, 6.07) is 4.05. The maximum atomic E-state index is 11.9. The first kappa shape index (κ1) is 15.2. The maximum Gasteiger partial charge on any atom is 0.238 e. The topological polar surface area (TPSA) is 50.4 Å². The van der Waals surface area contributed by atoms with Crippen molar-refractivity contribution in [3.8, 4) is 5.75 Å². The predicted octanol–water partition coefficient (Wildman–Crippen LogP) is 1.63. The molecule has 0 aromatic heterocycles. The molecule has 1 atom stereocenters. The normalized spacial score (nSPS) is 18.1. The summed E-state index contributed by atoms with van der Waals surface area (Å²) in [5.74, 6) is 2.77. The Balaban J connectivity index is 1.88. The Morgan fingerprint density at radius 3 is 2.90 bits per heavy atom. The average Bonchev–Trinajstić information content (AvgIpc) is 2.98. The highest BCUT2D eigenvalue weighted by atomic mass is 32.2. The zero-order valence-corrected chi connectivity index (χ0v) is 13.1. The molecule has 5 heteroatoms. The molecule has 0 spiro atoms. The lowest BCUT2D eigenvalue weighted by atomic mass is 10.00. The Morgan fingerprint density at radius 1 is 1.45 bits per heavy atom. The van der Waals surface area contributed by atoms with Gasteiger partial charge in [0.05, 0.1) is 13.2 Å². The van der Waals surface area contributed by atoms with Crippen LogP contribution in [0, 0.1) is 13.8 Å². The molecule has 1 heterocycles. The first-order valence-corrected chi connectivity index (χ1v) is 8.01. The minimum atomic E-state index is -0.0290. The molecule has 1 aromatic carbocycles. The number of benzene rings is 1. The standard InChI is InChI=1S/C15H22N2O2S/c1-10-11(2)14(19-3)5-4-12(10)6-7-16-15(18)13-8-20-9-17-13/h4-5,13,17H,6-9H2,1-3H3,(H,16,18). The van der Waals surface area contributed by atoms with Crippen molar-refractivity contribution in [2.45, 2.75) is 26.3 Å². The Morgan fingerprint density at radius 2 is 2.25 bits per heavy atom. The van der Waals surface area contributed by atoms with E-state index < -0.39 is 0 Å². The minimum absolute atomic E-state index is 0.0290. The van der Waals surface area contributed by atoms with Gasteiger partial charge in [0, 0.05) is 18.2 Å². The monoisotopic (exact) mass is 294 g/mol. The highest BCUT2D eigenvalue weighted by Crippen LogP contribution is 2.24. The van der Waals surface area contributed by atoms with Gasteiger partial charge in [0.15, 0.2) is 0 Å². The Bertz CT molecular complexity index is 485. The summed E-state index contributed by atoms with van der Waals surface area (Å²) in [7, 11) is 1.69. The van der Waals surface area contributed by atoms with Crippen LogP contribution in [0.5, 0.6) is 5.75 Å². The van der Waals surface area contributed by atoms with Crippen molar-refractivity contribution < 1.29 is 9.53 Å². The van der Waals surface area contributed by atoms with Gasteiger partial charge in [-0.1, -0.05) is 6.07 Å². The number of nitrogens with one attached hydrogen (secondary N) is 2. The number of hydrogen-bond donors (Lipinski definition) is 2. The Kier molecular flexibility index (Phi) is 5.31. The third kappa shape index (κ3) is 3.46. The summed E-state index contributed by atoms with van der Waals surface area (Å²) in [5.41, 5.74) is 3.68. The summed E-state index contributed by atoms with van der Waals surface area (Å²) in [6.45, 7) is 4.84. The number of carbonyl (C=O) groups is 1. The van der Waals surface area contributed by atoms with Crippen molar-refractivity contribution >= 4 is 17.7 Å². The predicted molar refractivity (Wildman–Crippen MR) is 83.4 cm³/mol. The van der Waals surface area contributed by atoms with E-state index in [9.17, 15) is 4.79 Å². The van der Waals surface area contributed by atoms with Crippen molar-refractivity contribution in [2.24, 2.45) is 0 Å². The van der Waals surface area contributed by atoms with E-state index in [1.54, 1.807) is 18.9 Å². The highest BCUT2D eigenvalue weighted by molar-refractivity contribution is 7.99. The maximum absolute atomic E-state index is 11.9. The van der Waals surface area contributed by atoms with Gasteiger partial charge in [-0.25, -0.2) is 0 Å². The molecule has 20 heavy (non-hydrogen) atoms. The van der Waals surface area contributed by atoms with Gasteiger partial charge in [-0.15, -0.1) is 11.8 Å². The van der Waals surface area contributed by atoms with Crippen molar-refractivity contribution in [1.82, 2.24) is 10.6 Å². The molecule has 110 valence electrons. The second-order valence-corrected chi connectivity index (χ2v) is 6.02. The molecule has 0 aliphatic carbocycles. The number of thioether (sulfide) groups is 1. The van der Waals surface area contributed by atoms with Crippen LogP contribution in [-0.2, 0) is 11.2 Å². The van der Waals surface area contributed by atoms with E-state index in [-0.39, 0.29) is 11.9 Å². The smallest absolute Gasteiger partial charge is 0.238 e. The lowest BCUT2D eigenvalue weighted by Gasteiger charge is -2.14. The number of carbonyl (C=O) groups excluding carboxylic acids is 1. The van der Waals surface area contributed by atoms with Gasteiger partial charge in [-0.3, -0.25) is 10.1 Å². The summed E-state index contributed by atoms with van der Waals surface area (Å²) in [5, 5.41) is 6.18. The van der Waals surface area contributed by atoms with Crippen LogP contribution in [0.4, 0.5) is 0 Å². The lowest BCUT2D eigenvalue weighted by Crippen LogP contribution is -2.42. The molecule has 1 unspecified atom stereocenters. The number of rotatable bonds is 5. The van der Waals surface area contributed by atoms with Crippen molar-refractivity contribution in [1.29, 1.82) is 0 Å². The molecular formula is C15H22N2O2S. The van der Waals surface area contributed by atoms with Crippen LogP contribution < -0.4 is 15.4 Å². The van der Waals surface area contributed by atoms with Gasteiger partial charge in [0.2, 0.25) is 5.91 Å². The van der Waals surface area contributed by atoms with Gasteiger partial charge in [0.25, 0.3) is 0 Å².